The van der Waals surface area contributed by atoms with Crippen LogP contribution in [0.15, 0.2) is 53.4 Å². The van der Waals surface area contributed by atoms with Crippen molar-refractivity contribution in [2.75, 3.05) is 18.4 Å². The molecule has 162 valence electrons. The number of carbonyl (C=O) groups is 1. The van der Waals surface area contributed by atoms with Crippen LogP contribution in [0.1, 0.15) is 34.6 Å². The highest BCUT2D eigenvalue weighted by molar-refractivity contribution is 7.89. The smallest absolute Gasteiger partial charge is 0.265 e. The number of aryl methyl sites for hydroxylation is 1. The van der Waals surface area contributed by atoms with E-state index in [0.717, 1.165) is 27.3 Å². The van der Waals surface area contributed by atoms with Crippen molar-refractivity contribution in [3.63, 3.8) is 0 Å². The molecule has 0 radical (unpaired) electrons. The first-order valence-electron chi connectivity index (χ1n) is 10.1. The van der Waals surface area contributed by atoms with Crippen LogP contribution < -0.4 is 10.1 Å². The Balaban J connectivity index is 1.55. The number of hydrogen-bond acceptors (Lipinski definition) is 5. The zero-order valence-corrected chi connectivity index (χ0v) is 19.3. The van der Waals surface area contributed by atoms with Gasteiger partial charge >= 0.3 is 0 Å². The topological polar surface area (TPSA) is 75.7 Å². The fourth-order valence-electron chi connectivity index (χ4n) is 3.68. The summed E-state index contributed by atoms with van der Waals surface area (Å²) in [6.07, 6.45) is 0. The second-order valence-electron chi connectivity index (χ2n) is 7.27. The predicted molar refractivity (Wildman–Crippen MR) is 123 cm³/mol. The molecule has 2 heterocycles. The largest absolute Gasteiger partial charge is 0.488 e. The van der Waals surface area contributed by atoms with Crippen LogP contribution in [-0.2, 0) is 16.6 Å². The van der Waals surface area contributed by atoms with E-state index in [9.17, 15) is 13.2 Å². The van der Waals surface area contributed by atoms with E-state index >= 15 is 0 Å². The summed E-state index contributed by atoms with van der Waals surface area (Å²) in [6, 6.07) is 14.1. The van der Waals surface area contributed by atoms with Crippen molar-refractivity contribution < 1.29 is 17.9 Å². The average molecular weight is 457 g/mol. The first-order valence-corrected chi connectivity index (χ1v) is 12.4. The molecule has 8 heteroatoms. The number of hydrogen-bond donors (Lipinski definition) is 1. The number of rotatable bonds is 6. The van der Waals surface area contributed by atoms with E-state index in [1.165, 1.54) is 27.8 Å². The van der Waals surface area contributed by atoms with Crippen LogP contribution in [0.25, 0.3) is 10.4 Å². The Kier molecular flexibility index (Phi) is 5.88. The molecule has 4 rings (SSSR count). The van der Waals surface area contributed by atoms with Gasteiger partial charge in [0.15, 0.2) is 0 Å². The zero-order chi connectivity index (χ0) is 22.2. The van der Waals surface area contributed by atoms with Crippen LogP contribution in [0, 0.1) is 6.92 Å². The molecule has 1 aliphatic heterocycles. The van der Waals surface area contributed by atoms with Gasteiger partial charge in [0.2, 0.25) is 10.0 Å². The van der Waals surface area contributed by atoms with Crippen molar-refractivity contribution in [3.05, 3.63) is 64.5 Å². The number of ether oxygens (including phenoxy) is 1. The Morgan fingerprint density at radius 2 is 1.84 bits per heavy atom. The third-order valence-corrected chi connectivity index (χ3v) is 8.59. The highest BCUT2D eigenvalue weighted by Crippen LogP contribution is 2.44. The Labute approximate surface area is 186 Å². The molecule has 1 aliphatic rings. The number of thiophene rings is 1. The fourth-order valence-corrected chi connectivity index (χ4v) is 6.32. The predicted octanol–water partition coefficient (Wildman–Crippen LogP) is 4.90. The number of fused-ring (bicyclic) bond motifs is 3. The lowest BCUT2D eigenvalue weighted by atomic mass is 10.0. The Morgan fingerprint density at radius 1 is 1.13 bits per heavy atom. The van der Waals surface area contributed by atoms with E-state index < -0.39 is 10.0 Å². The average Bonchev–Trinajstić information content (AvgIpc) is 3.19. The fraction of sp³-hybridized carbons (Fsp3) is 0.261. The van der Waals surface area contributed by atoms with Gasteiger partial charge in [-0.05, 0) is 48.9 Å². The Morgan fingerprint density at radius 3 is 2.52 bits per heavy atom. The molecule has 1 N–H and O–H groups in total. The van der Waals surface area contributed by atoms with E-state index in [1.807, 2.05) is 31.2 Å². The minimum Gasteiger partial charge on any atom is -0.488 e. The van der Waals surface area contributed by atoms with E-state index in [-0.39, 0.29) is 10.8 Å². The van der Waals surface area contributed by atoms with Crippen molar-refractivity contribution >= 4 is 33.0 Å². The molecule has 0 saturated heterocycles. The van der Waals surface area contributed by atoms with Crippen LogP contribution in [0.4, 0.5) is 5.69 Å². The summed E-state index contributed by atoms with van der Waals surface area (Å²) in [7, 11) is -3.52. The lowest BCUT2D eigenvalue weighted by molar-refractivity contribution is 0.103. The molecule has 0 saturated carbocycles. The summed E-state index contributed by atoms with van der Waals surface area (Å²) in [5.41, 5.74) is 3.69. The molecule has 0 unspecified atom stereocenters. The molecule has 3 aromatic rings. The monoisotopic (exact) mass is 456 g/mol. The lowest BCUT2D eigenvalue weighted by Crippen LogP contribution is -2.30. The molecular formula is C23H24N2O4S2. The molecule has 6 nitrogen and oxygen atoms in total. The first kappa shape index (κ1) is 21.5. The molecule has 2 aromatic carbocycles. The van der Waals surface area contributed by atoms with Gasteiger partial charge < -0.3 is 10.1 Å². The van der Waals surface area contributed by atoms with Gasteiger partial charge in [0.1, 0.15) is 12.4 Å². The second kappa shape index (κ2) is 8.45. The molecule has 0 bridgehead atoms. The SMILES string of the molecule is CCN(CC)S(=O)(=O)c1ccc(NC(=O)c2cc3c(s2)-c2c(C)cccc2OC3)cc1. The van der Waals surface area contributed by atoms with Gasteiger partial charge in [-0.3, -0.25) is 4.79 Å². The van der Waals surface area contributed by atoms with Gasteiger partial charge in [-0.15, -0.1) is 11.3 Å². The second-order valence-corrected chi connectivity index (χ2v) is 10.3. The molecule has 31 heavy (non-hydrogen) atoms. The minimum atomic E-state index is -3.52. The van der Waals surface area contributed by atoms with Crippen molar-refractivity contribution in [1.82, 2.24) is 4.31 Å². The van der Waals surface area contributed by atoms with Crippen LogP contribution in [0.5, 0.6) is 5.75 Å². The van der Waals surface area contributed by atoms with Crippen molar-refractivity contribution in [3.8, 4) is 16.2 Å². The highest BCUT2D eigenvalue weighted by atomic mass is 32.2. The van der Waals surface area contributed by atoms with Crippen LogP contribution in [-0.4, -0.2) is 31.7 Å². The summed E-state index contributed by atoms with van der Waals surface area (Å²) >= 11 is 1.44. The molecule has 0 fully saturated rings. The first-order chi connectivity index (χ1) is 14.8. The lowest BCUT2D eigenvalue weighted by Gasteiger charge is -2.19. The molecule has 1 aromatic heterocycles. The van der Waals surface area contributed by atoms with E-state index in [0.29, 0.717) is 30.3 Å². The van der Waals surface area contributed by atoms with E-state index in [4.69, 9.17) is 4.74 Å². The molecule has 0 spiro atoms. The van der Waals surface area contributed by atoms with Crippen LogP contribution >= 0.6 is 11.3 Å². The normalized spacial score (nSPS) is 12.8. The maximum absolute atomic E-state index is 12.8. The number of benzene rings is 2. The summed E-state index contributed by atoms with van der Waals surface area (Å²) < 4.78 is 32.5. The van der Waals surface area contributed by atoms with Crippen LogP contribution in [0.3, 0.4) is 0 Å². The van der Waals surface area contributed by atoms with Gasteiger partial charge in [0, 0.05) is 34.8 Å². The number of sulfonamides is 1. The maximum atomic E-state index is 12.8. The highest BCUT2D eigenvalue weighted by Gasteiger charge is 2.24. The summed E-state index contributed by atoms with van der Waals surface area (Å²) in [5.74, 6) is 0.611. The number of carbonyl (C=O) groups excluding carboxylic acids is 1. The molecule has 1 amide bonds. The molecule has 0 aliphatic carbocycles. The third-order valence-electron chi connectivity index (χ3n) is 5.33. The van der Waals surface area contributed by atoms with Gasteiger partial charge in [-0.1, -0.05) is 26.0 Å². The number of anilines is 1. The summed E-state index contributed by atoms with van der Waals surface area (Å²) in [4.78, 5) is 14.7. The molecule has 0 atom stereocenters. The quantitative estimate of drug-likeness (QED) is 0.573. The van der Waals surface area contributed by atoms with Gasteiger partial charge in [0.25, 0.3) is 5.91 Å². The van der Waals surface area contributed by atoms with Gasteiger partial charge in [-0.25, -0.2) is 8.42 Å². The Bertz CT molecular complexity index is 1230. The zero-order valence-electron chi connectivity index (χ0n) is 17.6. The Hall–Kier alpha value is -2.68. The van der Waals surface area contributed by atoms with Crippen molar-refractivity contribution in [2.45, 2.75) is 32.3 Å². The van der Waals surface area contributed by atoms with Crippen molar-refractivity contribution in [1.29, 1.82) is 0 Å². The minimum absolute atomic E-state index is 0.213. The van der Waals surface area contributed by atoms with E-state index in [2.05, 4.69) is 5.32 Å². The number of nitrogens with zero attached hydrogens (tertiary/aromatic N) is 1. The van der Waals surface area contributed by atoms with Gasteiger partial charge in [-0.2, -0.15) is 4.31 Å². The third kappa shape index (κ3) is 3.98. The maximum Gasteiger partial charge on any atom is 0.265 e. The van der Waals surface area contributed by atoms with Crippen LogP contribution in [0.2, 0.25) is 0 Å². The number of amides is 1. The number of nitrogens with one attached hydrogen (secondary N) is 1. The van der Waals surface area contributed by atoms with Crippen molar-refractivity contribution in [2.24, 2.45) is 0 Å². The molecular weight excluding hydrogens is 432 g/mol. The standard InChI is InChI=1S/C23H24N2O4S2/c1-4-25(5-2)31(27,28)18-11-9-17(10-12-18)24-23(26)20-13-16-14-29-19-8-6-7-15(3)21(19)22(16)30-20/h6-13H,4-5,14H2,1-3H3,(H,24,26). The summed E-state index contributed by atoms with van der Waals surface area (Å²) in [5, 5.41) is 2.86. The summed E-state index contributed by atoms with van der Waals surface area (Å²) in [6.45, 7) is 6.90. The van der Waals surface area contributed by atoms with Gasteiger partial charge in [0.05, 0.1) is 9.77 Å². The van der Waals surface area contributed by atoms with E-state index in [1.54, 1.807) is 26.0 Å².